The van der Waals surface area contributed by atoms with Gasteiger partial charge >= 0.3 is 0 Å². The monoisotopic (exact) mass is 288 g/mol. The fraction of sp³-hybridized carbons (Fsp3) is 1.00. The Bertz CT molecular complexity index is 95.6. The first kappa shape index (κ1) is 11.3. The molecule has 2 atom stereocenters. The summed E-state index contributed by atoms with van der Waals surface area (Å²) in [6, 6.07) is 0. The molecular weight excluding hydrogens is 276 g/mol. The molecule has 0 spiro atoms. The first-order valence-corrected chi connectivity index (χ1v) is 6.44. The molecule has 1 aliphatic rings. The fourth-order valence-corrected chi connectivity index (χ4v) is 4.66. The molecule has 0 aromatic heterocycles. The Kier molecular flexibility index (Phi) is 5.71. The third-order valence-electron chi connectivity index (χ3n) is 1.98. The van der Waals surface area contributed by atoms with Crippen LogP contribution >= 0.6 is 15.9 Å². The normalized spacial score (nSPS) is 32.4. The maximum absolute atomic E-state index is 3.71. The van der Waals surface area contributed by atoms with E-state index in [4.69, 9.17) is 0 Å². The lowest BCUT2D eigenvalue weighted by Gasteiger charge is -2.08. The first-order chi connectivity index (χ1) is 4.22. The topological polar surface area (TPSA) is 0 Å². The lowest BCUT2D eigenvalue weighted by Crippen LogP contribution is -3.00. The van der Waals surface area contributed by atoms with Crippen LogP contribution in [0.15, 0.2) is 0 Å². The molecule has 0 aromatic carbocycles. The number of alkyl halides is 1. The molecule has 0 amide bonds. The van der Waals surface area contributed by atoms with E-state index in [9.17, 15) is 0 Å². The van der Waals surface area contributed by atoms with Gasteiger partial charge in [-0.25, -0.2) is 0 Å². The second-order valence-corrected chi connectivity index (χ2v) is 6.41. The van der Waals surface area contributed by atoms with Crippen molar-refractivity contribution in [3.8, 4) is 0 Å². The molecule has 0 heterocycles. The highest BCUT2D eigenvalue weighted by Gasteiger charge is 2.33. The molecule has 62 valence electrons. The van der Waals surface area contributed by atoms with Gasteiger partial charge in [-0.2, -0.15) is 0 Å². The summed E-state index contributed by atoms with van der Waals surface area (Å²) in [7, 11) is 0.632. The van der Waals surface area contributed by atoms with Gasteiger partial charge in [0, 0.05) is 0 Å². The summed E-state index contributed by atoms with van der Waals surface area (Å²) in [5.74, 6) is 0. The maximum atomic E-state index is 3.71. The van der Waals surface area contributed by atoms with E-state index < -0.39 is 0 Å². The van der Waals surface area contributed by atoms with Gasteiger partial charge in [-0.05, 0) is 30.2 Å². The van der Waals surface area contributed by atoms with E-state index in [1.165, 1.54) is 19.3 Å². The molecule has 0 radical (unpaired) electrons. The van der Waals surface area contributed by atoms with Crippen LogP contribution in [0, 0.1) is 0 Å². The van der Waals surface area contributed by atoms with Crippen molar-refractivity contribution in [2.45, 2.75) is 29.3 Å². The fourth-order valence-electron chi connectivity index (χ4n) is 1.41. The smallest absolute Gasteiger partial charge is 0.130 e. The van der Waals surface area contributed by atoms with Gasteiger partial charge < -0.3 is 17.0 Å². The minimum atomic E-state index is 0. The van der Waals surface area contributed by atoms with E-state index in [2.05, 4.69) is 28.4 Å². The van der Waals surface area contributed by atoms with Gasteiger partial charge in [0.1, 0.15) is 5.25 Å². The molecule has 0 aliphatic heterocycles. The Balaban J connectivity index is 0.000000810. The number of rotatable bonds is 1. The molecular formula is C7H14Br2S. The highest BCUT2D eigenvalue weighted by molar-refractivity contribution is 9.09. The zero-order valence-corrected chi connectivity index (χ0v) is 10.4. The van der Waals surface area contributed by atoms with Crippen molar-refractivity contribution >= 4 is 26.8 Å². The molecule has 1 saturated carbocycles. The van der Waals surface area contributed by atoms with Crippen molar-refractivity contribution in [1.29, 1.82) is 0 Å². The average Bonchev–Trinajstić information content (AvgIpc) is 2.13. The van der Waals surface area contributed by atoms with Crippen molar-refractivity contribution < 1.29 is 17.0 Å². The summed E-state index contributed by atoms with van der Waals surface area (Å²) in [5.41, 5.74) is 0. The lowest BCUT2D eigenvalue weighted by molar-refractivity contribution is -0.00000189. The van der Waals surface area contributed by atoms with Crippen LogP contribution in [0.25, 0.3) is 0 Å². The first-order valence-electron chi connectivity index (χ1n) is 3.42. The third-order valence-corrected chi connectivity index (χ3v) is 5.20. The Morgan fingerprint density at radius 2 is 1.90 bits per heavy atom. The summed E-state index contributed by atoms with van der Waals surface area (Å²) < 4.78 is 0. The second-order valence-electron chi connectivity index (χ2n) is 2.87. The van der Waals surface area contributed by atoms with Crippen LogP contribution in [0.4, 0.5) is 0 Å². The van der Waals surface area contributed by atoms with Crippen molar-refractivity contribution in [3.63, 3.8) is 0 Å². The summed E-state index contributed by atoms with van der Waals surface area (Å²) >= 11 is 3.71. The van der Waals surface area contributed by atoms with Crippen LogP contribution in [0.2, 0.25) is 0 Å². The van der Waals surface area contributed by atoms with Crippen LogP contribution in [0.1, 0.15) is 19.3 Å². The van der Waals surface area contributed by atoms with Crippen molar-refractivity contribution in [2.24, 2.45) is 0 Å². The van der Waals surface area contributed by atoms with Crippen LogP contribution in [0.5, 0.6) is 0 Å². The van der Waals surface area contributed by atoms with E-state index >= 15 is 0 Å². The van der Waals surface area contributed by atoms with E-state index in [-0.39, 0.29) is 17.0 Å². The Hall–Kier alpha value is 1.31. The molecule has 1 rings (SSSR count). The SMILES string of the molecule is C[S+](C)C1CCCC1Br.[Br-]. The standard InChI is InChI=1S/C7H14BrS.BrH/c1-9(2)7-5-3-4-6(7)8;/h6-7H,3-5H2,1-2H3;1H/q+1;/p-1. The van der Waals surface area contributed by atoms with E-state index in [0.29, 0.717) is 10.9 Å². The molecule has 1 aliphatic carbocycles. The molecule has 3 heteroatoms. The molecule has 1 fully saturated rings. The van der Waals surface area contributed by atoms with Crippen LogP contribution in [-0.4, -0.2) is 22.6 Å². The largest absolute Gasteiger partial charge is 1.00 e. The minimum Gasteiger partial charge on any atom is -1.00 e. The summed E-state index contributed by atoms with van der Waals surface area (Å²) in [6.07, 6.45) is 8.99. The maximum Gasteiger partial charge on any atom is 0.130 e. The van der Waals surface area contributed by atoms with Crippen molar-refractivity contribution in [3.05, 3.63) is 0 Å². The molecule has 0 bridgehead atoms. The van der Waals surface area contributed by atoms with Gasteiger partial charge in [0.2, 0.25) is 0 Å². The minimum absolute atomic E-state index is 0. The molecule has 0 aromatic rings. The highest BCUT2D eigenvalue weighted by Crippen LogP contribution is 2.30. The number of hydrogen-bond acceptors (Lipinski definition) is 0. The molecule has 0 nitrogen and oxygen atoms in total. The predicted molar refractivity (Wildman–Crippen MR) is 49.6 cm³/mol. The van der Waals surface area contributed by atoms with Crippen molar-refractivity contribution in [2.75, 3.05) is 12.5 Å². The summed E-state index contributed by atoms with van der Waals surface area (Å²) in [4.78, 5) is 0.829. The summed E-state index contributed by atoms with van der Waals surface area (Å²) in [6.45, 7) is 0. The van der Waals surface area contributed by atoms with Gasteiger partial charge in [0.25, 0.3) is 0 Å². The molecule has 0 saturated heterocycles. The number of hydrogen-bond donors (Lipinski definition) is 0. The molecule has 2 unspecified atom stereocenters. The predicted octanol–water partition coefficient (Wildman–Crippen LogP) is -0.816. The molecule has 0 N–H and O–H groups in total. The quantitative estimate of drug-likeness (QED) is 0.437. The van der Waals surface area contributed by atoms with Gasteiger partial charge in [0.05, 0.1) is 17.3 Å². The summed E-state index contributed by atoms with van der Waals surface area (Å²) in [5, 5.41) is 0.977. The number of halogens is 2. The van der Waals surface area contributed by atoms with Crippen LogP contribution in [-0.2, 0) is 10.9 Å². The lowest BCUT2D eigenvalue weighted by atomic mass is 10.4. The zero-order valence-electron chi connectivity index (χ0n) is 6.44. The van der Waals surface area contributed by atoms with Gasteiger partial charge in [-0.15, -0.1) is 0 Å². The van der Waals surface area contributed by atoms with E-state index in [1.807, 2.05) is 0 Å². The third kappa shape index (κ3) is 2.74. The van der Waals surface area contributed by atoms with Gasteiger partial charge in [0.15, 0.2) is 0 Å². The highest BCUT2D eigenvalue weighted by atomic mass is 79.9. The van der Waals surface area contributed by atoms with Crippen LogP contribution in [0.3, 0.4) is 0 Å². The second kappa shape index (κ2) is 5.04. The average molecular weight is 290 g/mol. The van der Waals surface area contributed by atoms with E-state index in [0.717, 1.165) is 10.1 Å². The Labute approximate surface area is 85.4 Å². The van der Waals surface area contributed by atoms with Gasteiger partial charge in [-0.3, -0.25) is 0 Å². The molecule has 10 heavy (non-hydrogen) atoms. The van der Waals surface area contributed by atoms with Crippen molar-refractivity contribution in [1.82, 2.24) is 0 Å². The van der Waals surface area contributed by atoms with E-state index in [1.54, 1.807) is 0 Å². The Morgan fingerprint density at radius 3 is 2.10 bits per heavy atom. The Morgan fingerprint density at radius 1 is 1.30 bits per heavy atom. The zero-order chi connectivity index (χ0) is 6.85. The van der Waals surface area contributed by atoms with Crippen LogP contribution < -0.4 is 17.0 Å². The van der Waals surface area contributed by atoms with Gasteiger partial charge in [-0.1, -0.05) is 15.9 Å².